The van der Waals surface area contributed by atoms with E-state index in [0.717, 1.165) is 49.8 Å². The summed E-state index contributed by atoms with van der Waals surface area (Å²) in [5, 5.41) is 11.8. The Morgan fingerprint density at radius 3 is 2.39 bits per heavy atom. The molecular weight excluding hydrogens is 462 g/mol. The van der Waals surface area contributed by atoms with Crippen molar-refractivity contribution in [3.63, 3.8) is 0 Å². The zero-order valence-corrected chi connectivity index (χ0v) is 21.2. The lowest BCUT2D eigenvalue weighted by molar-refractivity contribution is -0.123. The first kappa shape index (κ1) is 25.3. The van der Waals surface area contributed by atoms with Gasteiger partial charge in [-0.3, -0.25) is 9.69 Å². The monoisotopic (exact) mass is 495 g/mol. The topological polar surface area (TPSA) is 100.0 Å². The third-order valence-electron chi connectivity index (χ3n) is 6.16. The lowest BCUT2D eigenvalue weighted by Gasteiger charge is -2.21. The molecule has 1 aliphatic rings. The number of carbonyl (C=O) groups is 1. The maximum absolute atomic E-state index is 12.4. The Morgan fingerprint density at radius 1 is 1.00 bits per heavy atom. The number of para-hydroxylation sites is 1. The fourth-order valence-corrected chi connectivity index (χ4v) is 4.37. The second-order valence-electron chi connectivity index (χ2n) is 8.58. The van der Waals surface area contributed by atoms with Crippen molar-refractivity contribution >= 4 is 5.91 Å². The van der Waals surface area contributed by atoms with Gasteiger partial charge in [0.25, 0.3) is 5.91 Å². The third kappa shape index (κ3) is 5.88. The minimum atomic E-state index is -0.292. The molecule has 3 aromatic rings. The van der Waals surface area contributed by atoms with E-state index in [-0.39, 0.29) is 18.6 Å². The molecule has 1 amide bonds. The lowest BCUT2D eigenvalue weighted by Crippen LogP contribution is -2.33. The van der Waals surface area contributed by atoms with Crippen molar-refractivity contribution in [1.29, 1.82) is 0 Å². The first-order chi connectivity index (χ1) is 17.5. The van der Waals surface area contributed by atoms with E-state index in [2.05, 4.69) is 25.0 Å². The van der Waals surface area contributed by atoms with Crippen molar-refractivity contribution in [2.45, 2.75) is 32.5 Å². The van der Waals surface area contributed by atoms with E-state index in [9.17, 15) is 4.79 Å². The zero-order valence-electron chi connectivity index (χ0n) is 21.2. The van der Waals surface area contributed by atoms with E-state index in [0.29, 0.717) is 23.0 Å². The Labute approximate surface area is 211 Å². The standard InChI is InChI=1S/C26H33N5O5/c1-18(27-24(32)17-36-20-8-6-5-7-9-20)26-29-28-23-10-11-30(12-13-31(23)26)16-19-14-21(33-2)25(35-4)22(15-19)34-3/h5-9,14-15,18H,10-13,16-17H2,1-4H3,(H,27,32)/t18-/m0/s1. The second kappa shape index (κ2) is 11.8. The Morgan fingerprint density at radius 2 is 1.72 bits per heavy atom. The van der Waals surface area contributed by atoms with Crippen molar-refractivity contribution in [1.82, 2.24) is 25.0 Å². The maximum atomic E-state index is 12.4. The fourth-order valence-electron chi connectivity index (χ4n) is 4.37. The predicted molar refractivity (Wildman–Crippen MR) is 134 cm³/mol. The average Bonchev–Trinajstić information content (AvgIpc) is 3.21. The number of fused-ring (bicyclic) bond motifs is 1. The number of hydrogen-bond donors (Lipinski definition) is 1. The van der Waals surface area contributed by atoms with Gasteiger partial charge in [0.1, 0.15) is 11.6 Å². The predicted octanol–water partition coefficient (Wildman–Crippen LogP) is 2.62. The van der Waals surface area contributed by atoms with E-state index < -0.39 is 0 Å². The van der Waals surface area contributed by atoms with E-state index in [4.69, 9.17) is 18.9 Å². The van der Waals surface area contributed by atoms with Crippen molar-refractivity contribution < 1.29 is 23.7 Å². The lowest BCUT2D eigenvalue weighted by atomic mass is 10.1. The van der Waals surface area contributed by atoms with Gasteiger partial charge in [0, 0.05) is 32.6 Å². The highest BCUT2D eigenvalue weighted by Gasteiger charge is 2.23. The molecular formula is C26H33N5O5. The summed E-state index contributed by atoms with van der Waals surface area (Å²) < 4.78 is 24.1. The van der Waals surface area contributed by atoms with Crippen molar-refractivity contribution in [2.24, 2.45) is 0 Å². The number of hydrogen-bond acceptors (Lipinski definition) is 8. The van der Waals surface area contributed by atoms with Crippen LogP contribution in [0.3, 0.4) is 0 Å². The number of aromatic nitrogens is 3. The van der Waals surface area contributed by atoms with Gasteiger partial charge in [-0.25, -0.2) is 0 Å². The summed E-state index contributed by atoms with van der Waals surface area (Å²) in [5.41, 5.74) is 1.07. The van der Waals surface area contributed by atoms with E-state index in [1.54, 1.807) is 21.3 Å². The molecule has 2 aromatic carbocycles. The first-order valence-electron chi connectivity index (χ1n) is 11.9. The highest BCUT2D eigenvalue weighted by Crippen LogP contribution is 2.38. The fraction of sp³-hybridized carbons (Fsp3) is 0.423. The molecule has 0 spiro atoms. The largest absolute Gasteiger partial charge is 0.493 e. The van der Waals surface area contributed by atoms with Gasteiger partial charge in [0.2, 0.25) is 5.75 Å². The molecule has 0 unspecified atom stereocenters. The number of nitrogens with one attached hydrogen (secondary N) is 1. The molecule has 36 heavy (non-hydrogen) atoms. The van der Waals surface area contributed by atoms with Crippen LogP contribution in [0.4, 0.5) is 0 Å². The van der Waals surface area contributed by atoms with Gasteiger partial charge in [-0.05, 0) is 36.8 Å². The van der Waals surface area contributed by atoms with Crippen LogP contribution in [-0.2, 0) is 24.3 Å². The van der Waals surface area contributed by atoms with E-state index >= 15 is 0 Å². The van der Waals surface area contributed by atoms with Gasteiger partial charge in [-0.15, -0.1) is 10.2 Å². The van der Waals surface area contributed by atoms with Crippen molar-refractivity contribution in [3.8, 4) is 23.0 Å². The summed E-state index contributed by atoms with van der Waals surface area (Å²) in [6, 6.07) is 12.9. The highest BCUT2D eigenvalue weighted by molar-refractivity contribution is 5.77. The van der Waals surface area contributed by atoms with E-state index in [1.165, 1.54) is 0 Å². The molecule has 0 bridgehead atoms. The average molecular weight is 496 g/mol. The Bertz CT molecular complexity index is 1140. The van der Waals surface area contributed by atoms with Gasteiger partial charge in [0.05, 0.1) is 27.4 Å². The number of nitrogens with zero attached hydrogens (tertiary/aromatic N) is 4. The van der Waals surface area contributed by atoms with Crippen LogP contribution in [0.1, 0.15) is 30.2 Å². The number of methoxy groups -OCH3 is 3. The highest BCUT2D eigenvalue weighted by atomic mass is 16.5. The Balaban J connectivity index is 1.37. The number of carbonyl (C=O) groups excluding carboxylic acids is 1. The molecule has 2 heterocycles. The zero-order chi connectivity index (χ0) is 25.5. The van der Waals surface area contributed by atoms with Gasteiger partial charge in [-0.1, -0.05) is 18.2 Å². The summed E-state index contributed by atoms with van der Waals surface area (Å²) in [6.45, 7) is 4.96. The van der Waals surface area contributed by atoms with E-state index in [1.807, 2.05) is 49.4 Å². The quantitative estimate of drug-likeness (QED) is 0.458. The molecule has 1 aliphatic heterocycles. The molecule has 1 N–H and O–H groups in total. The molecule has 0 saturated carbocycles. The molecule has 10 heteroatoms. The van der Waals surface area contributed by atoms with Crippen molar-refractivity contribution in [3.05, 3.63) is 59.7 Å². The minimum Gasteiger partial charge on any atom is -0.493 e. The summed E-state index contributed by atoms with van der Waals surface area (Å²) in [4.78, 5) is 14.8. The third-order valence-corrected chi connectivity index (χ3v) is 6.16. The molecule has 10 nitrogen and oxygen atoms in total. The Kier molecular flexibility index (Phi) is 8.27. The smallest absolute Gasteiger partial charge is 0.258 e. The van der Waals surface area contributed by atoms with Crippen LogP contribution < -0.4 is 24.3 Å². The summed E-state index contributed by atoms with van der Waals surface area (Å²) in [5.74, 6) is 3.97. The molecule has 192 valence electrons. The molecule has 0 radical (unpaired) electrons. The molecule has 0 saturated heterocycles. The number of amides is 1. The van der Waals surface area contributed by atoms with Gasteiger partial charge >= 0.3 is 0 Å². The normalized spacial score (nSPS) is 14.3. The SMILES string of the molecule is COc1cc(CN2CCc3nnc([C@H](C)NC(=O)COc4ccccc4)n3CC2)cc(OC)c1OC. The van der Waals surface area contributed by atoms with Crippen LogP contribution in [0.25, 0.3) is 0 Å². The molecule has 1 aromatic heterocycles. The number of ether oxygens (including phenoxy) is 4. The van der Waals surface area contributed by atoms with Crippen LogP contribution in [0.2, 0.25) is 0 Å². The number of benzene rings is 2. The molecule has 4 rings (SSSR count). The summed E-state index contributed by atoms with van der Waals surface area (Å²) in [7, 11) is 4.84. The van der Waals surface area contributed by atoms with Crippen LogP contribution in [0, 0.1) is 0 Å². The van der Waals surface area contributed by atoms with Gasteiger partial charge < -0.3 is 28.8 Å². The molecule has 0 fully saturated rings. The summed E-state index contributed by atoms with van der Waals surface area (Å²) >= 11 is 0. The summed E-state index contributed by atoms with van der Waals surface area (Å²) in [6.07, 6.45) is 0.759. The maximum Gasteiger partial charge on any atom is 0.258 e. The van der Waals surface area contributed by atoms with Crippen LogP contribution in [0.5, 0.6) is 23.0 Å². The molecule has 1 atom stereocenters. The first-order valence-corrected chi connectivity index (χ1v) is 11.9. The van der Waals surface area contributed by atoms with Crippen LogP contribution >= 0.6 is 0 Å². The van der Waals surface area contributed by atoms with Crippen LogP contribution in [0.15, 0.2) is 42.5 Å². The number of rotatable bonds is 10. The Hall–Kier alpha value is -3.79. The van der Waals surface area contributed by atoms with Gasteiger partial charge in [-0.2, -0.15) is 0 Å². The molecule has 0 aliphatic carbocycles. The van der Waals surface area contributed by atoms with Crippen molar-refractivity contribution in [2.75, 3.05) is 41.0 Å². The second-order valence-corrected chi connectivity index (χ2v) is 8.58. The minimum absolute atomic E-state index is 0.0576. The van der Waals surface area contributed by atoms with Gasteiger partial charge in [0.15, 0.2) is 23.9 Å². The van der Waals surface area contributed by atoms with Crippen LogP contribution in [-0.4, -0.2) is 66.6 Å².